The van der Waals surface area contributed by atoms with Gasteiger partial charge in [0.2, 0.25) is 11.8 Å². The van der Waals surface area contributed by atoms with Gasteiger partial charge in [-0.05, 0) is 31.5 Å². The number of nitrogens with zero attached hydrogens (tertiary/aromatic N) is 1. The predicted molar refractivity (Wildman–Crippen MR) is 96.1 cm³/mol. The van der Waals surface area contributed by atoms with E-state index in [0.717, 1.165) is 25.8 Å². The average molecular weight is 349 g/mol. The van der Waals surface area contributed by atoms with Crippen molar-refractivity contribution < 1.29 is 19.1 Å². The monoisotopic (exact) mass is 349 g/mol. The molecule has 7 heteroatoms. The summed E-state index contributed by atoms with van der Waals surface area (Å²) in [6, 6.07) is 5.11. The molecule has 138 valence electrons. The van der Waals surface area contributed by atoms with Crippen LogP contribution in [0.3, 0.4) is 0 Å². The molecule has 1 heterocycles. The summed E-state index contributed by atoms with van der Waals surface area (Å²) in [6.07, 6.45) is 3.27. The highest BCUT2D eigenvalue weighted by molar-refractivity contribution is 5.92. The molecule has 2 amide bonds. The third-order valence-electron chi connectivity index (χ3n) is 4.47. The number of carbonyl (C=O) groups is 2. The molecule has 25 heavy (non-hydrogen) atoms. The summed E-state index contributed by atoms with van der Waals surface area (Å²) in [5.41, 5.74) is 0.606. The first kappa shape index (κ1) is 19.1. The molecule has 0 saturated carbocycles. The van der Waals surface area contributed by atoms with E-state index in [2.05, 4.69) is 15.5 Å². The van der Waals surface area contributed by atoms with Gasteiger partial charge in [0.1, 0.15) is 11.5 Å². The number of rotatable bonds is 7. The SMILES string of the molecule is CNC(=O)C1CCCCN1CCC(=O)Nc1ccc(OC)cc1OC. The number of nitrogens with one attached hydrogen (secondary N) is 2. The molecule has 7 nitrogen and oxygen atoms in total. The van der Waals surface area contributed by atoms with Crippen molar-refractivity contribution in [3.63, 3.8) is 0 Å². The largest absolute Gasteiger partial charge is 0.497 e. The van der Waals surface area contributed by atoms with Gasteiger partial charge in [-0.1, -0.05) is 6.42 Å². The minimum Gasteiger partial charge on any atom is -0.497 e. The Morgan fingerprint density at radius 2 is 2.04 bits per heavy atom. The van der Waals surface area contributed by atoms with Gasteiger partial charge in [-0.3, -0.25) is 14.5 Å². The summed E-state index contributed by atoms with van der Waals surface area (Å²) in [5.74, 6) is 1.13. The summed E-state index contributed by atoms with van der Waals surface area (Å²) >= 11 is 0. The number of methoxy groups -OCH3 is 2. The summed E-state index contributed by atoms with van der Waals surface area (Å²) in [7, 11) is 4.78. The Hall–Kier alpha value is -2.28. The van der Waals surface area contributed by atoms with Crippen LogP contribution in [0.1, 0.15) is 25.7 Å². The molecule has 0 aliphatic carbocycles. The Kier molecular flexibility index (Phi) is 7.06. The molecule has 0 radical (unpaired) electrons. The molecule has 2 rings (SSSR count). The van der Waals surface area contributed by atoms with Gasteiger partial charge >= 0.3 is 0 Å². The number of anilines is 1. The lowest BCUT2D eigenvalue weighted by atomic mass is 10.0. The van der Waals surface area contributed by atoms with Gasteiger partial charge in [0, 0.05) is 26.1 Å². The summed E-state index contributed by atoms with van der Waals surface area (Å²) in [6.45, 7) is 1.40. The summed E-state index contributed by atoms with van der Waals surface area (Å²) < 4.78 is 10.4. The molecule has 1 unspecified atom stereocenters. The first-order valence-corrected chi connectivity index (χ1v) is 8.56. The van der Waals surface area contributed by atoms with Crippen LogP contribution in [0.25, 0.3) is 0 Å². The van der Waals surface area contributed by atoms with Crippen LogP contribution < -0.4 is 20.1 Å². The number of piperidine rings is 1. The zero-order chi connectivity index (χ0) is 18.2. The van der Waals surface area contributed by atoms with Gasteiger partial charge in [-0.15, -0.1) is 0 Å². The van der Waals surface area contributed by atoms with Crippen molar-refractivity contribution in [2.24, 2.45) is 0 Å². The smallest absolute Gasteiger partial charge is 0.237 e. The van der Waals surface area contributed by atoms with Crippen LogP contribution in [0.4, 0.5) is 5.69 Å². The fraction of sp³-hybridized carbons (Fsp3) is 0.556. The van der Waals surface area contributed by atoms with E-state index in [1.54, 1.807) is 39.5 Å². The Balaban J connectivity index is 1.92. The minimum absolute atomic E-state index is 0.0249. The van der Waals surface area contributed by atoms with Crippen LogP contribution in [-0.4, -0.2) is 57.1 Å². The molecule has 1 atom stereocenters. The minimum atomic E-state index is -0.137. The number of hydrogen-bond donors (Lipinski definition) is 2. The van der Waals surface area contributed by atoms with E-state index in [4.69, 9.17) is 9.47 Å². The van der Waals surface area contributed by atoms with E-state index in [9.17, 15) is 9.59 Å². The lowest BCUT2D eigenvalue weighted by Crippen LogP contribution is -2.49. The highest BCUT2D eigenvalue weighted by Gasteiger charge is 2.28. The van der Waals surface area contributed by atoms with Gasteiger partial charge in [0.25, 0.3) is 0 Å². The summed E-state index contributed by atoms with van der Waals surface area (Å²) in [5, 5.41) is 5.57. The van der Waals surface area contributed by atoms with Crippen molar-refractivity contribution in [3.8, 4) is 11.5 Å². The maximum atomic E-state index is 12.3. The standard InChI is InChI=1S/C18H27N3O4/c1-19-18(23)15-6-4-5-10-21(15)11-9-17(22)20-14-8-7-13(24-2)12-16(14)25-3/h7-8,12,15H,4-6,9-11H2,1-3H3,(H,19,23)(H,20,22). The molecular formula is C18H27N3O4. The second-order valence-electron chi connectivity index (χ2n) is 6.03. The number of carbonyl (C=O) groups excluding carboxylic acids is 2. The second kappa shape index (κ2) is 9.27. The highest BCUT2D eigenvalue weighted by atomic mass is 16.5. The first-order chi connectivity index (χ1) is 12.1. The van der Waals surface area contributed by atoms with E-state index in [1.165, 1.54) is 0 Å². The van der Waals surface area contributed by atoms with Crippen molar-refractivity contribution >= 4 is 17.5 Å². The van der Waals surface area contributed by atoms with Gasteiger partial charge in [-0.2, -0.15) is 0 Å². The molecule has 1 aromatic rings. The van der Waals surface area contributed by atoms with E-state index in [-0.39, 0.29) is 17.9 Å². The molecule has 1 aliphatic heterocycles. The molecule has 1 saturated heterocycles. The number of amides is 2. The van der Waals surface area contributed by atoms with Crippen LogP contribution in [0.2, 0.25) is 0 Å². The first-order valence-electron chi connectivity index (χ1n) is 8.56. The van der Waals surface area contributed by atoms with E-state index < -0.39 is 0 Å². The van der Waals surface area contributed by atoms with Gasteiger partial charge in [0.05, 0.1) is 25.9 Å². The van der Waals surface area contributed by atoms with Crippen molar-refractivity contribution in [2.75, 3.05) is 39.7 Å². The van der Waals surface area contributed by atoms with E-state index >= 15 is 0 Å². The Morgan fingerprint density at radius 1 is 1.24 bits per heavy atom. The molecule has 0 spiro atoms. The van der Waals surface area contributed by atoms with Crippen LogP contribution in [0, 0.1) is 0 Å². The highest BCUT2D eigenvalue weighted by Crippen LogP contribution is 2.29. The number of hydrogen-bond acceptors (Lipinski definition) is 5. The van der Waals surface area contributed by atoms with Crippen LogP contribution in [0.5, 0.6) is 11.5 Å². The van der Waals surface area contributed by atoms with E-state index in [0.29, 0.717) is 30.2 Å². The zero-order valence-corrected chi connectivity index (χ0v) is 15.1. The fourth-order valence-corrected chi connectivity index (χ4v) is 3.08. The molecule has 1 fully saturated rings. The third kappa shape index (κ3) is 5.09. The van der Waals surface area contributed by atoms with E-state index in [1.807, 2.05) is 0 Å². The second-order valence-corrected chi connectivity index (χ2v) is 6.03. The normalized spacial score (nSPS) is 17.6. The number of likely N-dealkylation sites (N-methyl/N-ethyl adjacent to an activating group) is 1. The molecule has 1 aliphatic rings. The molecule has 0 aromatic heterocycles. The molecule has 2 N–H and O–H groups in total. The van der Waals surface area contributed by atoms with Crippen LogP contribution in [0.15, 0.2) is 18.2 Å². The van der Waals surface area contributed by atoms with Crippen molar-refractivity contribution in [3.05, 3.63) is 18.2 Å². The number of benzene rings is 1. The van der Waals surface area contributed by atoms with Gasteiger partial charge < -0.3 is 20.1 Å². The number of likely N-dealkylation sites (tertiary alicyclic amines) is 1. The lowest BCUT2D eigenvalue weighted by molar-refractivity contribution is -0.128. The van der Waals surface area contributed by atoms with Gasteiger partial charge in [-0.25, -0.2) is 0 Å². The Labute approximate surface area is 148 Å². The van der Waals surface area contributed by atoms with Crippen LogP contribution >= 0.6 is 0 Å². The van der Waals surface area contributed by atoms with Crippen molar-refractivity contribution in [1.29, 1.82) is 0 Å². The van der Waals surface area contributed by atoms with Crippen molar-refractivity contribution in [1.82, 2.24) is 10.2 Å². The quantitative estimate of drug-likeness (QED) is 0.782. The summed E-state index contributed by atoms with van der Waals surface area (Å²) in [4.78, 5) is 26.4. The average Bonchev–Trinajstić information content (AvgIpc) is 2.66. The Morgan fingerprint density at radius 3 is 2.72 bits per heavy atom. The predicted octanol–water partition coefficient (Wildman–Crippen LogP) is 1.63. The van der Waals surface area contributed by atoms with Crippen molar-refractivity contribution in [2.45, 2.75) is 31.7 Å². The lowest BCUT2D eigenvalue weighted by Gasteiger charge is -2.34. The molecule has 1 aromatic carbocycles. The zero-order valence-electron chi connectivity index (χ0n) is 15.1. The maximum Gasteiger partial charge on any atom is 0.237 e. The van der Waals surface area contributed by atoms with Crippen LogP contribution in [-0.2, 0) is 9.59 Å². The Bertz CT molecular complexity index is 606. The van der Waals surface area contributed by atoms with Gasteiger partial charge in [0.15, 0.2) is 0 Å². The maximum absolute atomic E-state index is 12.3. The number of ether oxygens (including phenoxy) is 2. The molecule has 0 bridgehead atoms. The molecular weight excluding hydrogens is 322 g/mol. The fourth-order valence-electron chi connectivity index (χ4n) is 3.08. The third-order valence-corrected chi connectivity index (χ3v) is 4.47. The topological polar surface area (TPSA) is 79.9 Å².